The van der Waals surface area contributed by atoms with Crippen molar-refractivity contribution in [3.8, 4) is 17.7 Å². The molecule has 0 N–H and O–H groups in total. The summed E-state index contributed by atoms with van der Waals surface area (Å²) in [5.41, 5.74) is 2.26. The fourth-order valence-electron chi connectivity index (χ4n) is 1.68. The summed E-state index contributed by atoms with van der Waals surface area (Å²) in [4.78, 5) is 0. The second-order valence-corrected chi connectivity index (χ2v) is 4.89. The van der Waals surface area contributed by atoms with E-state index < -0.39 is 0 Å². The van der Waals surface area contributed by atoms with E-state index in [2.05, 4.69) is 27.1 Å². The van der Waals surface area contributed by atoms with Crippen LogP contribution in [0.3, 0.4) is 0 Å². The molecule has 1 aromatic heterocycles. The maximum absolute atomic E-state index is 9.11. The smallest absolute Gasteiger partial charge is 0.235 e. The van der Waals surface area contributed by atoms with Gasteiger partial charge in [-0.3, -0.25) is 0 Å². The van der Waals surface area contributed by atoms with Crippen LogP contribution in [0.15, 0.2) is 22.7 Å². The monoisotopic (exact) mass is 305 g/mol. The molecule has 0 aliphatic carbocycles. The van der Waals surface area contributed by atoms with Gasteiger partial charge in [-0.25, -0.2) is 4.68 Å². The second kappa shape index (κ2) is 4.83. The van der Waals surface area contributed by atoms with Crippen LogP contribution < -0.4 is 4.74 Å². The molecule has 18 heavy (non-hydrogen) atoms. The minimum Gasteiger partial charge on any atom is -0.437 e. The fraction of sp³-hybridized carbons (Fsp3) is 0.231. The topological polar surface area (TPSA) is 50.8 Å². The van der Waals surface area contributed by atoms with E-state index in [9.17, 15) is 0 Å². The van der Waals surface area contributed by atoms with Crippen LogP contribution in [0.25, 0.3) is 0 Å². The number of aromatic nitrogens is 2. The Morgan fingerprint density at radius 2 is 2.11 bits per heavy atom. The summed E-state index contributed by atoms with van der Waals surface area (Å²) in [7, 11) is 1.76. The lowest BCUT2D eigenvalue weighted by Crippen LogP contribution is -1.96. The van der Waals surface area contributed by atoms with Crippen molar-refractivity contribution < 1.29 is 4.74 Å². The lowest BCUT2D eigenvalue weighted by Gasteiger charge is -2.08. The van der Waals surface area contributed by atoms with Gasteiger partial charge < -0.3 is 4.74 Å². The number of halogens is 1. The van der Waals surface area contributed by atoms with Crippen molar-refractivity contribution in [1.29, 1.82) is 5.26 Å². The van der Waals surface area contributed by atoms with E-state index in [1.165, 1.54) is 0 Å². The van der Waals surface area contributed by atoms with Crippen LogP contribution in [0.4, 0.5) is 0 Å². The zero-order valence-electron chi connectivity index (χ0n) is 10.4. The summed E-state index contributed by atoms with van der Waals surface area (Å²) < 4.78 is 8.19. The Morgan fingerprint density at radius 3 is 2.72 bits per heavy atom. The van der Waals surface area contributed by atoms with Gasteiger partial charge in [0, 0.05) is 7.05 Å². The normalized spacial score (nSPS) is 10.2. The Balaban J connectivity index is 2.43. The molecule has 1 heterocycles. The Hall–Kier alpha value is -1.80. The number of hydrogen-bond acceptors (Lipinski definition) is 3. The lowest BCUT2D eigenvalue weighted by molar-refractivity contribution is 0.427. The molecule has 0 aliphatic rings. The van der Waals surface area contributed by atoms with Crippen LogP contribution in [0.2, 0.25) is 0 Å². The van der Waals surface area contributed by atoms with Crippen molar-refractivity contribution in [1.82, 2.24) is 9.78 Å². The molecule has 0 fully saturated rings. The highest BCUT2D eigenvalue weighted by Gasteiger charge is 2.16. The molecule has 0 saturated heterocycles. The van der Waals surface area contributed by atoms with Crippen molar-refractivity contribution in [3.63, 3.8) is 0 Å². The van der Waals surface area contributed by atoms with Gasteiger partial charge in [-0.15, -0.1) is 0 Å². The van der Waals surface area contributed by atoms with E-state index >= 15 is 0 Å². The number of hydrogen-bond donors (Lipinski definition) is 0. The van der Waals surface area contributed by atoms with Crippen LogP contribution in [0.1, 0.15) is 16.8 Å². The molecule has 0 bridgehead atoms. The van der Waals surface area contributed by atoms with Crippen LogP contribution in [0, 0.1) is 25.2 Å². The predicted molar refractivity (Wildman–Crippen MR) is 71.6 cm³/mol. The molecular formula is C13H12BrN3O. The maximum atomic E-state index is 9.11. The summed E-state index contributed by atoms with van der Waals surface area (Å²) in [6.07, 6.45) is 0. The first-order valence-corrected chi connectivity index (χ1v) is 6.20. The van der Waals surface area contributed by atoms with Gasteiger partial charge in [0.2, 0.25) is 5.88 Å². The minimum atomic E-state index is 0.458. The van der Waals surface area contributed by atoms with Gasteiger partial charge in [0.25, 0.3) is 0 Å². The summed E-state index contributed by atoms with van der Waals surface area (Å²) in [6, 6.07) is 7.89. The Kier molecular flexibility index (Phi) is 3.39. The molecule has 92 valence electrons. The quantitative estimate of drug-likeness (QED) is 0.853. The van der Waals surface area contributed by atoms with E-state index in [0.717, 1.165) is 10.0 Å². The van der Waals surface area contributed by atoms with Crippen LogP contribution in [0.5, 0.6) is 11.6 Å². The molecule has 0 amide bonds. The van der Waals surface area contributed by atoms with Crippen molar-refractivity contribution in [3.05, 3.63) is 39.5 Å². The third kappa shape index (κ3) is 2.24. The molecular weight excluding hydrogens is 294 g/mol. The maximum Gasteiger partial charge on any atom is 0.235 e. The van der Waals surface area contributed by atoms with E-state index in [1.807, 2.05) is 25.1 Å². The van der Waals surface area contributed by atoms with Crippen molar-refractivity contribution in [2.24, 2.45) is 7.05 Å². The predicted octanol–water partition coefficient (Wildman–Crippen LogP) is 3.46. The average molecular weight is 306 g/mol. The number of benzene rings is 1. The SMILES string of the molecule is Cc1ccc(Oc2c(C#N)c(C)nn2C)c(Br)c1. The van der Waals surface area contributed by atoms with Gasteiger partial charge in [-0.1, -0.05) is 6.07 Å². The molecule has 0 unspecified atom stereocenters. The van der Waals surface area contributed by atoms with Crippen LogP contribution in [-0.2, 0) is 7.05 Å². The fourth-order valence-corrected chi connectivity index (χ4v) is 2.25. The molecule has 0 saturated carbocycles. The van der Waals surface area contributed by atoms with Crippen LogP contribution >= 0.6 is 15.9 Å². The van der Waals surface area contributed by atoms with Gasteiger partial charge in [0.05, 0.1) is 10.2 Å². The van der Waals surface area contributed by atoms with Crippen molar-refractivity contribution in [2.75, 3.05) is 0 Å². The Morgan fingerprint density at radius 1 is 1.39 bits per heavy atom. The zero-order chi connectivity index (χ0) is 13.3. The van der Waals surface area contributed by atoms with Gasteiger partial charge >= 0.3 is 0 Å². The third-order valence-corrected chi connectivity index (χ3v) is 3.20. The second-order valence-electron chi connectivity index (χ2n) is 4.04. The van der Waals surface area contributed by atoms with E-state index in [-0.39, 0.29) is 0 Å². The van der Waals surface area contributed by atoms with Gasteiger partial charge in [-0.2, -0.15) is 10.4 Å². The van der Waals surface area contributed by atoms with Gasteiger partial charge in [0.1, 0.15) is 17.4 Å². The molecule has 0 atom stereocenters. The van der Waals surface area contributed by atoms with E-state index in [4.69, 9.17) is 10.00 Å². The molecule has 0 spiro atoms. The first-order valence-electron chi connectivity index (χ1n) is 5.40. The van der Waals surface area contributed by atoms with Crippen molar-refractivity contribution >= 4 is 15.9 Å². The zero-order valence-corrected chi connectivity index (χ0v) is 11.9. The standard InChI is InChI=1S/C13H12BrN3O/c1-8-4-5-12(11(14)6-8)18-13-10(7-15)9(2)16-17(13)3/h4-6H,1-3H3. The first-order chi connectivity index (χ1) is 8.52. The molecule has 4 nitrogen and oxygen atoms in total. The van der Waals surface area contributed by atoms with Crippen molar-refractivity contribution in [2.45, 2.75) is 13.8 Å². The Labute approximate surface area is 114 Å². The Bertz CT molecular complexity index is 640. The highest BCUT2D eigenvalue weighted by atomic mass is 79.9. The number of nitrogens with zero attached hydrogens (tertiary/aromatic N) is 3. The molecule has 0 aliphatic heterocycles. The summed E-state index contributed by atoms with van der Waals surface area (Å²) in [5.74, 6) is 1.12. The number of nitriles is 1. The average Bonchev–Trinajstić information content (AvgIpc) is 2.57. The lowest BCUT2D eigenvalue weighted by atomic mass is 10.2. The van der Waals surface area contributed by atoms with Gasteiger partial charge in [0.15, 0.2) is 0 Å². The number of aryl methyl sites for hydroxylation is 3. The summed E-state index contributed by atoms with van der Waals surface area (Å²) >= 11 is 3.44. The van der Waals surface area contributed by atoms with E-state index in [1.54, 1.807) is 18.7 Å². The highest BCUT2D eigenvalue weighted by molar-refractivity contribution is 9.10. The first kappa shape index (κ1) is 12.7. The minimum absolute atomic E-state index is 0.458. The van der Waals surface area contributed by atoms with Crippen LogP contribution in [-0.4, -0.2) is 9.78 Å². The molecule has 2 aromatic rings. The molecule has 2 rings (SSSR count). The third-order valence-electron chi connectivity index (χ3n) is 2.58. The molecule has 0 radical (unpaired) electrons. The molecule has 1 aromatic carbocycles. The molecule has 5 heteroatoms. The van der Waals surface area contributed by atoms with E-state index in [0.29, 0.717) is 22.9 Å². The highest BCUT2D eigenvalue weighted by Crippen LogP contribution is 2.32. The summed E-state index contributed by atoms with van der Waals surface area (Å²) in [5, 5.41) is 13.3. The number of rotatable bonds is 2. The largest absolute Gasteiger partial charge is 0.437 e. The summed E-state index contributed by atoms with van der Waals surface area (Å²) in [6.45, 7) is 3.79. The van der Waals surface area contributed by atoms with Gasteiger partial charge in [-0.05, 0) is 47.5 Å². The number of ether oxygens (including phenoxy) is 1.